The van der Waals surface area contributed by atoms with Crippen molar-refractivity contribution < 1.29 is 57.5 Å². The van der Waals surface area contributed by atoms with Gasteiger partial charge in [-0.15, -0.1) is 0 Å². The Kier molecular flexibility index (Phi) is 7.36. The highest BCUT2D eigenvalue weighted by Gasteiger charge is 2.92. The van der Waals surface area contributed by atoms with E-state index >= 15 is 4.79 Å². The molecule has 1 aromatic heterocycles. The van der Waals surface area contributed by atoms with Gasteiger partial charge < -0.3 is 38.3 Å². The molecule has 4 aliphatic carbocycles. The summed E-state index contributed by atoms with van der Waals surface area (Å²) in [7, 11) is 0. The van der Waals surface area contributed by atoms with Gasteiger partial charge in [-0.2, -0.15) is 0 Å². The number of epoxide rings is 1. The van der Waals surface area contributed by atoms with Crippen LogP contribution >= 0.6 is 0 Å². The topological polar surface area (TPSA) is 171 Å². The molecular weight excluding hydrogens is 648 g/mol. The number of furan rings is 1. The highest BCUT2D eigenvalue weighted by molar-refractivity contribution is 5.93. The number of esters is 3. The van der Waals surface area contributed by atoms with Crippen LogP contribution in [0.1, 0.15) is 70.9 Å². The zero-order valence-corrected chi connectivity index (χ0v) is 28.8. The second-order valence-electron chi connectivity index (χ2n) is 16.0. The third kappa shape index (κ3) is 4.02. The molecule has 2 bridgehead atoms. The number of aliphatic hydroxyl groups excluding tert-OH is 2. The third-order valence-corrected chi connectivity index (χ3v) is 14.0. The molecule has 1 spiro atoms. The first kappa shape index (κ1) is 33.6. The average molecular weight is 693 g/mol. The summed E-state index contributed by atoms with van der Waals surface area (Å²) in [5.41, 5.74) is -4.51. The monoisotopic (exact) mass is 692 g/mol. The molecule has 2 N–H and O–H groups in total. The molecule has 14 atom stereocenters. The molecule has 1 aromatic carbocycles. The number of aliphatic hydroxyl groups is 2. The number of Topliss-reactive ketones (excluding diaryl/α,β-unsaturated/α-hetero) is 1. The lowest BCUT2D eigenvalue weighted by Gasteiger charge is -2.73. The Morgan fingerprint density at radius 3 is 2.28 bits per heavy atom. The maximum atomic E-state index is 15.4. The summed E-state index contributed by atoms with van der Waals surface area (Å²) in [6, 6.07) is 10.9. The van der Waals surface area contributed by atoms with E-state index in [2.05, 4.69) is 0 Å². The van der Waals surface area contributed by atoms with E-state index in [1.165, 1.54) is 13.8 Å². The van der Waals surface area contributed by atoms with Crippen LogP contribution < -0.4 is 0 Å². The Morgan fingerprint density at radius 1 is 0.900 bits per heavy atom. The van der Waals surface area contributed by atoms with Crippen molar-refractivity contribution in [1.29, 1.82) is 0 Å². The minimum atomic E-state index is -1.35. The van der Waals surface area contributed by atoms with E-state index in [1.54, 1.807) is 31.6 Å². The standard InChI is InChI=1S/C38H44O12/c1-19(39)47-27-16-26(42)37-18-46-33(49-29(43)13-21-9-7-6-8-10-21)34(27,3)24(37)15-25(41)36(5)31(37)30(44)32(48-20(2)40)35(4)23(22-11-12-45-17-22)14-28-38(35,36)50-28/h6-12,17,23-28,31-33,41-42H,13-16,18H2,1-5H3/t23-,24-,25+,26-,27+,28+,31-,32-,33+,34+,35+,36+,37+,38+/m0/s1. The van der Waals surface area contributed by atoms with Crippen LogP contribution in [0, 0.1) is 33.5 Å². The zero-order valence-electron chi connectivity index (χ0n) is 28.8. The van der Waals surface area contributed by atoms with Gasteiger partial charge in [-0.1, -0.05) is 44.2 Å². The number of carbonyl (C=O) groups is 4. The van der Waals surface area contributed by atoms with Crippen molar-refractivity contribution in [2.45, 2.75) is 109 Å². The van der Waals surface area contributed by atoms with Gasteiger partial charge in [0.2, 0.25) is 6.29 Å². The van der Waals surface area contributed by atoms with Crippen molar-refractivity contribution in [3.05, 3.63) is 60.1 Å². The molecule has 8 rings (SSSR count). The third-order valence-electron chi connectivity index (χ3n) is 14.0. The Morgan fingerprint density at radius 2 is 1.62 bits per heavy atom. The van der Waals surface area contributed by atoms with Crippen LogP contribution in [0.3, 0.4) is 0 Å². The molecule has 268 valence electrons. The van der Waals surface area contributed by atoms with Crippen LogP contribution in [0.5, 0.6) is 0 Å². The molecule has 50 heavy (non-hydrogen) atoms. The lowest BCUT2D eigenvalue weighted by molar-refractivity contribution is -0.374. The van der Waals surface area contributed by atoms with E-state index in [-0.39, 0.29) is 37.9 Å². The van der Waals surface area contributed by atoms with Crippen molar-refractivity contribution in [1.82, 2.24) is 0 Å². The van der Waals surface area contributed by atoms with Gasteiger partial charge >= 0.3 is 17.9 Å². The number of hydrogen-bond acceptors (Lipinski definition) is 12. The molecule has 6 aliphatic rings. The molecule has 12 nitrogen and oxygen atoms in total. The summed E-state index contributed by atoms with van der Waals surface area (Å²) in [5.74, 6) is -4.36. The smallest absolute Gasteiger partial charge is 0.312 e. The van der Waals surface area contributed by atoms with Gasteiger partial charge in [0.1, 0.15) is 11.7 Å². The Labute approximate surface area is 289 Å². The van der Waals surface area contributed by atoms with Crippen molar-refractivity contribution in [2.75, 3.05) is 6.61 Å². The van der Waals surface area contributed by atoms with Gasteiger partial charge in [-0.3, -0.25) is 19.2 Å². The van der Waals surface area contributed by atoms with Crippen LogP contribution in [0.15, 0.2) is 53.3 Å². The fraction of sp³-hybridized carbons (Fsp3) is 0.632. The van der Waals surface area contributed by atoms with E-state index in [9.17, 15) is 24.6 Å². The quantitative estimate of drug-likeness (QED) is 0.258. The minimum absolute atomic E-state index is 0.0308. The number of hydrogen-bond donors (Lipinski definition) is 2. The number of carbonyl (C=O) groups excluding carboxylic acids is 4. The van der Waals surface area contributed by atoms with Gasteiger partial charge in [0.25, 0.3) is 0 Å². The molecule has 4 saturated carbocycles. The fourth-order valence-corrected chi connectivity index (χ4v) is 12.1. The van der Waals surface area contributed by atoms with E-state index < -0.39 is 93.5 Å². The van der Waals surface area contributed by atoms with E-state index in [4.69, 9.17) is 28.1 Å². The van der Waals surface area contributed by atoms with Crippen LogP contribution in [0.25, 0.3) is 0 Å². The second-order valence-corrected chi connectivity index (χ2v) is 16.0. The molecule has 6 fully saturated rings. The Hall–Kier alpha value is -3.58. The van der Waals surface area contributed by atoms with Gasteiger partial charge in [0.05, 0.1) is 54.7 Å². The van der Waals surface area contributed by atoms with Crippen molar-refractivity contribution >= 4 is 23.7 Å². The maximum Gasteiger partial charge on any atom is 0.312 e. The van der Waals surface area contributed by atoms with Crippen LogP contribution in [0.2, 0.25) is 0 Å². The van der Waals surface area contributed by atoms with Gasteiger partial charge in [-0.25, -0.2) is 0 Å². The van der Waals surface area contributed by atoms with Gasteiger partial charge in [0.15, 0.2) is 11.9 Å². The first-order valence-corrected chi connectivity index (χ1v) is 17.5. The SMILES string of the molecule is CC(=O)O[C@@H]1C[C@H](O)[C@@]23CO[C@H](OC(=O)Cc4ccccc4)[C@]1(C)[C@@H]2C[C@@H](O)[C@]1(C)[C@@H]3C(=O)[C@H](OC(C)=O)[C@@]2(C)[C@H](c3ccoc3)C[C@H]3O[C@]321. The molecule has 2 aliphatic heterocycles. The maximum absolute atomic E-state index is 15.4. The highest BCUT2D eigenvalue weighted by Crippen LogP contribution is 2.83. The molecule has 2 saturated heterocycles. The zero-order chi connectivity index (χ0) is 35.6. The molecule has 0 radical (unpaired) electrons. The molecular formula is C38H44O12. The summed E-state index contributed by atoms with van der Waals surface area (Å²) >= 11 is 0. The number of rotatable bonds is 6. The van der Waals surface area contributed by atoms with Crippen LogP contribution in [-0.2, 0) is 49.3 Å². The second kappa shape index (κ2) is 11.0. The Bertz CT molecular complexity index is 1730. The number of benzene rings is 1. The van der Waals surface area contributed by atoms with Gasteiger partial charge in [-0.05, 0) is 42.9 Å². The largest absolute Gasteiger partial charge is 0.472 e. The van der Waals surface area contributed by atoms with Crippen LogP contribution in [0.4, 0.5) is 0 Å². The molecule has 2 aromatic rings. The highest BCUT2D eigenvalue weighted by atomic mass is 16.7. The van der Waals surface area contributed by atoms with E-state index in [1.807, 2.05) is 38.1 Å². The lowest BCUT2D eigenvalue weighted by atomic mass is 9.33. The summed E-state index contributed by atoms with van der Waals surface area (Å²) in [6.45, 7) is 7.87. The predicted octanol–water partition coefficient (Wildman–Crippen LogP) is 3.26. The summed E-state index contributed by atoms with van der Waals surface area (Å²) in [5, 5.41) is 24.9. The van der Waals surface area contributed by atoms with Crippen molar-refractivity contribution in [3.63, 3.8) is 0 Å². The predicted molar refractivity (Wildman–Crippen MR) is 171 cm³/mol. The summed E-state index contributed by atoms with van der Waals surface area (Å²) in [6.07, 6.45) is -2.57. The van der Waals surface area contributed by atoms with Crippen molar-refractivity contribution in [2.24, 2.45) is 33.5 Å². The molecule has 3 heterocycles. The average Bonchev–Trinajstić information content (AvgIpc) is 3.41. The van der Waals surface area contributed by atoms with Crippen molar-refractivity contribution in [3.8, 4) is 0 Å². The summed E-state index contributed by atoms with van der Waals surface area (Å²) < 4.78 is 36.5. The first-order chi connectivity index (χ1) is 23.7. The lowest BCUT2D eigenvalue weighted by Crippen LogP contribution is -2.82. The number of fused-ring (bicyclic) bond motifs is 1. The minimum Gasteiger partial charge on any atom is -0.472 e. The van der Waals surface area contributed by atoms with E-state index in [0.29, 0.717) is 6.42 Å². The molecule has 0 amide bonds. The fourth-order valence-electron chi connectivity index (χ4n) is 12.1. The molecule has 12 heteroatoms. The molecule has 0 unspecified atom stereocenters. The Balaban J connectivity index is 1.25. The number of ketones is 1. The van der Waals surface area contributed by atoms with E-state index in [0.717, 1.165) is 11.1 Å². The van der Waals surface area contributed by atoms with Crippen LogP contribution in [-0.4, -0.2) is 82.9 Å². The first-order valence-electron chi connectivity index (χ1n) is 17.5. The number of ether oxygens (including phenoxy) is 5. The summed E-state index contributed by atoms with van der Waals surface area (Å²) in [4.78, 5) is 54.0. The normalized spacial score (nSPS) is 46.8. The van der Waals surface area contributed by atoms with Gasteiger partial charge in [0, 0.05) is 42.9 Å².